The molecule has 11 heavy (non-hydrogen) atoms. The van der Waals surface area contributed by atoms with Crippen molar-refractivity contribution in [3.8, 4) is 0 Å². The fourth-order valence-electron chi connectivity index (χ4n) is 1.28. The van der Waals surface area contributed by atoms with Gasteiger partial charge in [0.1, 0.15) is 0 Å². The average molecular weight is 157 g/mol. The van der Waals surface area contributed by atoms with E-state index >= 15 is 0 Å². The van der Waals surface area contributed by atoms with Gasteiger partial charge in [0.05, 0.1) is 0 Å². The van der Waals surface area contributed by atoms with Crippen molar-refractivity contribution in [1.29, 1.82) is 0 Å². The molecule has 0 amide bonds. The lowest BCUT2D eigenvalue weighted by atomic mass is 10.1. The van der Waals surface area contributed by atoms with Crippen LogP contribution in [0.5, 0.6) is 0 Å². The molecule has 0 bridgehead atoms. The lowest BCUT2D eigenvalue weighted by Crippen LogP contribution is -2.29. The second-order valence-corrected chi connectivity index (χ2v) is 3.20. The fourth-order valence-corrected chi connectivity index (χ4v) is 1.28. The van der Waals surface area contributed by atoms with Gasteiger partial charge in [-0.1, -0.05) is 33.6 Å². The minimum absolute atomic E-state index is 1.25. The smallest absolute Gasteiger partial charge is 0.00188 e. The van der Waals surface area contributed by atoms with E-state index in [1.807, 2.05) is 0 Å². The number of hydrogen-bond acceptors (Lipinski definition) is 1. The van der Waals surface area contributed by atoms with Crippen LogP contribution in [0, 0.1) is 0 Å². The highest BCUT2D eigenvalue weighted by Gasteiger charge is 2.05. The normalized spacial score (nSPS) is 18.8. The Balaban J connectivity index is 0.000000292. The van der Waals surface area contributed by atoms with Crippen LogP contribution in [0.25, 0.3) is 0 Å². The second kappa shape index (κ2) is 8.06. The molecule has 1 aliphatic heterocycles. The largest absolute Gasteiger partial charge is 0.304 e. The molecule has 0 aromatic rings. The molecule has 1 nitrogen and oxygen atoms in total. The van der Waals surface area contributed by atoms with Gasteiger partial charge in [-0.3, -0.25) is 0 Å². The van der Waals surface area contributed by atoms with Crippen molar-refractivity contribution in [2.75, 3.05) is 19.6 Å². The summed E-state index contributed by atoms with van der Waals surface area (Å²) in [5, 5.41) is 0. The Labute approximate surface area is 71.8 Å². The van der Waals surface area contributed by atoms with Crippen LogP contribution in [0.4, 0.5) is 0 Å². The maximum Gasteiger partial charge on any atom is -0.00188 e. The summed E-state index contributed by atoms with van der Waals surface area (Å²) in [6.07, 6.45) is 5.55. The molecule has 68 valence electrons. The summed E-state index contributed by atoms with van der Waals surface area (Å²) in [7, 11) is 0. The molecular weight excluding hydrogens is 134 g/mol. The zero-order valence-corrected chi connectivity index (χ0v) is 8.40. The number of nitrogens with zero attached hydrogens (tertiary/aromatic N) is 1. The van der Waals surface area contributed by atoms with Gasteiger partial charge in [0.15, 0.2) is 0 Å². The predicted octanol–water partition coefficient (Wildman–Crippen LogP) is 2.91. The van der Waals surface area contributed by atoms with Gasteiger partial charge < -0.3 is 4.90 Å². The van der Waals surface area contributed by atoms with Crippen molar-refractivity contribution >= 4 is 0 Å². The average Bonchev–Trinajstić information content (AvgIpc) is 2.08. The summed E-state index contributed by atoms with van der Waals surface area (Å²) in [5.41, 5.74) is 0. The molecular formula is C10H23N. The maximum absolute atomic E-state index is 2.52. The first-order valence-corrected chi connectivity index (χ1v) is 5.07. The summed E-state index contributed by atoms with van der Waals surface area (Å²) in [5.74, 6) is 0. The Morgan fingerprint density at radius 2 is 1.36 bits per heavy atom. The van der Waals surface area contributed by atoms with E-state index in [-0.39, 0.29) is 0 Å². The van der Waals surface area contributed by atoms with Gasteiger partial charge in [0.25, 0.3) is 0 Å². The van der Waals surface area contributed by atoms with E-state index in [9.17, 15) is 0 Å². The van der Waals surface area contributed by atoms with Crippen LogP contribution in [0.15, 0.2) is 0 Å². The first-order valence-electron chi connectivity index (χ1n) is 5.07. The minimum Gasteiger partial charge on any atom is -0.304 e. The third-order valence-electron chi connectivity index (χ3n) is 1.90. The Morgan fingerprint density at radius 3 is 1.64 bits per heavy atom. The lowest BCUT2D eigenvalue weighted by molar-refractivity contribution is 0.240. The molecule has 0 spiro atoms. The van der Waals surface area contributed by atoms with E-state index in [0.29, 0.717) is 0 Å². The molecule has 0 saturated carbocycles. The Hall–Kier alpha value is -0.0400. The van der Waals surface area contributed by atoms with E-state index in [1.165, 1.54) is 45.3 Å². The zero-order chi connectivity index (χ0) is 8.53. The van der Waals surface area contributed by atoms with Crippen molar-refractivity contribution in [2.24, 2.45) is 0 Å². The van der Waals surface area contributed by atoms with E-state index in [4.69, 9.17) is 0 Å². The number of likely N-dealkylation sites (tertiary alicyclic amines) is 1. The van der Waals surface area contributed by atoms with E-state index in [0.717, 1.165) is 0 Å². The highest BCUT2D eigenvalue weighted by Crippen LogP contribution is 2.06. The topological polar surface area (TPSA) is 3.24 Å². The molecule has 1 fully saturated rings. The van der Waals surface area contributed by atoms with E-state index in [1.54, 1.807) is 0 Å². The second-order valence-electron chi connectivity index (χ2n) is 3.20. The van der Waals surface area contributed by atoms with Crippen LogP contribution in [0.1, 0.15) is 46.5 Å². The molecule has 1 aliphatic rings. The molecule has 1 rings (SSSR count). The van der Waals surface area contributed by atoms with Crippen LogP contribution in [-0.4, -0.2) is 24.5 Å². The Morgan fingerprint density at radius 1 is 0.909 bits per heavy atom. The van der Waals surface area contributed by atoms with Crippen LogP contribution in [0.2, 0.25) is 0 Å². The Bertz CT molecular complexity index is 65.3. The molecule has 0 aromatic heterocycles. The van der Waals surface area contributed by atoms with Gasteiger partial charge in [-0.15, -0.1) is 0 Å². The number of piperidine rings is 1. The van der Waals surface area contributed by atoms with Crippen LogP contribution in [-0.2, 0) is 0 Å². The van der Waals surface area contributed by atoms with Gasteiger partial charge in [-0.25, -0.2) is 0 Å². The molecule has 1 heterocycles. The van der Waals surface area contributed by atoms with Gasteiger partial charge in [-0.2, -0.15) is 0 Å². The van der Waals surface area contributed by atoms with E-state index in [2.05, 4.69) is 25.7 Å². The molecule has 0 aromatic carbocycles. The summed E-state index contributed by atoms with van der Waals surface area (Å²) < 4.78 is 0. The highest BCUT2D eigenvalue weighted by atomic mass is 15.1. The molecule has 0 aliphatic carbocycles. The standard InChI is InChI=1S/C7H15N.C3H8/c1-2-8-6-4-3-5-7-8;1-3-2/h2-7H2,1H3;3H2,1-2H3. The maximum atomic E-state index is 2.52. The van der Waals surface area contributed by atoms with E-state index < -0.39 is 0 Å². The van der Waals surface area contributed by atoms with Gasteiger partial charge in [0, 0.05) is 0 Å². The third kappa shape index (κ3) is 6.36. The Kier molecular flexibility index (Phi) is 8.03. The van der Waals surface area contributed by atoms with Crippen LogP contribution < -0.4 is 0 Å². The first kappa shape index (κ1) is 11.0. The number of hydrogen-bond donors (Lipinski definition) is 0. The van der Waals surface area contributed by atoms with Gasteiger partial charge in [0.2, 0.25) is 0 Å². The molecule has 0 unspecified atom stereocenters. The van der Waals surface area contributed by atoms with Crippen LogP contribution >= 0.6 is 0 Å². The van der Waals surface area contributed by atoms with Crippen molar-refractivity contribution in [3.05, 3.63) is 0 Å². The summed E-state index contributed by atoms with van der Waals surface area (Å²) in [6.45, 7) is 10.4. The summed E-state index contributed by atoms with van der Waals surface area (Å²) >= 11 is 0. The molecule has 0 N–H and O–H groups in total. The summed E-state index contributed by atoms with van der Waals surface area (Å²) in [6, 6.07) is 0. The molecule has 1 heteroatoms. The van der Waals surface area contributed by atoms with Crippen molar-refractivity contribution in [1.82, 2.24) is 4.90 Å². The van der Waals surface area contributed by atoms with Gasteiger partial charge >= 0.3 is 0 Å². The molecule has 0 radical (unpaired) electrons. The van der Waals surface area contributed by atoms with Gasteiger partial charge in [-0.05, 0) is 32.5 Å². The SMILES string of the molecule is CCC.CCN1CCCCC1. The minimum atomic E-state index is 1.25. The quantitative estimate of drug-likeness (QED) is 0.565. The van der Waals surface area contributed by atoms with Crippen molar-refractivity contribution in [2.45, 2.75) is 46.5 Å². The third-order valence-corrected chi connectivity index (χ3v) is 1.90. The predicted molar refractivity (Wildman–Crippen MR) is 51.9 cm³/mol. The fraction of sp³-hybridized carbons (Fsp3) is 1.00. The molecule has 0 atom stereocenters. The van der Waals surface area contributed by atoms with Crippen molar-refractivity contribution in [3.63, 3.8) is 0 Å². The van der Waals surface area contributed by atoms with Crippen LogP contribution in [0.3, 0.4) is 0 Å². The number of rotatable bonds is 1. The monoisotopic (exact) mass is 157 g/mol. The molecule has 1 saturated heterocycles. The highest BCUT2D eigenvalue weighted by molar-refractivity contribution is 4.61. The zero-order valence-electron chi connectivity index (χ0n) is 8.40. The van der Waals surface area contributed by atoms with Crippen molar-refractivity contribution < 1.29 is 0 Å². The first-order chi connectivity index (χ1) is 5.35. The summed E-state index contributed by atoms with van der Waals surface area (Å²) in [4.78, 5) is 2.52. The lowest BCUT2D eigenvalue weighted by Gasteiger charge is -2.24.